The highest BCUT2D eigenvalue weighted by atomic mass is 16.6. The first-order valence-electron chi connectivity index (χ1n) is 18.4. The molecule has 1 aromatic heterocycles. The average Bonchev–Trinajstić information content (AvgIpc) is 3.90. The van der Waals surface area contributed by atoms with Gasteiger partial charge in [-0.2, -0.15) is 0 Å². The van der Waals surface area contributed by atoms with Crippen molar-refractivity contribution in [2.75, 3.05) is 20.7 Å². The molecule has 52 heavy (non-hydrogen) atoms. The molecule has 3 rings (SSSR count). The molecule has 1 aromatic rings. The fourth-order valence-corrected chi connectivity index (χ4v) is 6.60. The number of allylic oxidation sites excluding steroid dienone is 2. The van der Waals surface area contributed by atoms with Crippen molar-refractivity contribution in [3.05, 3.63) is 66.0 Å². The van der Waals surface area contributed by atoms with Crippen molar-refractivity contribution >= 4 is 18.0 Å². The number of carbonyl (C=O) groups is 3. The molecule has 0 aromatic carbocycles. The Kier molecular flexibility index (Phi) is 16.5. The van der Waals surface area contributed by atoms with Gasteiger partial charge in [-0.05, 0) is 56.9 Å². The Balaban J connectivity index is 1.82. The van der Waals surface area contributed by atoms with E-state index in [0.29, 0.717) is 13.0 Å². The number of cyclic esters (lactones) is 1. The molecule has 1 saturated heterocycles. The Hall–Kier alpha value is -3.58. The summed E-state index contributed by atoms with van der Waals surface area (Å²) >= 11 is 0. The van der Waals surface area contributed by atoms with Gasteiger partial charge in [0.1, 0.15) is 30.0 Å². The fraction of sp³-hybridized carbons (Fsp3) is 0.650. The van der Waals surface area contributed by atoms with E-state index in [1.165, 1.54) is 6.92 Å². The maximum Gasteiger partial charge on any atom is 0.409 e. The van der Waals surface area contributed by atoms with Gasteiger partial charge in [0, 0.05) is 63.7 Å². The first kappa shape index (κ1) is 42.8. The van der Waals surface area contributed by atoms with Gasteiger partial charge in [0.05, 0.1) is 24.7 Å². The number of ether oxygens (including phenoxy) is 5. The summed E-state index contributed by atoms with van der Waals surface area (Å²) in [6.45, 7) is 13.1. The van der Waals surface area contributed by atoms with Crippen LogP contribution in [0.1, 0.15) is 79.8 Å². The molecular weight excluding hydrogens is 668 g/mol. The van der Waals surface area contributed by atoms with Crippen molar-refractivity contribution < 1.29 is 48.3 Å². The molecule has 12 heteroatoms. The summed E-state index contributed by atoms with van der Waals surface area (Å²) in [7, 11) is 3.39. The van der Waals surface area contributed by atoms with Crippen LogP contribution in [0.2, 0.25) is 0 Å². The molecular formula is C40H60N2O10. The van der Waals surface area contributed by atoms with Gasteiger partial charge in [-0.1, -0.05) is 58.1 Å². The number of methoxy groups -OCH3 is 1. The molecule has 2 N–H and O–H groups in total. The summed E-state index contributed by atoms with van der Waals surface area (Å²) < 4.78 is 29.3. The molecule has 0 radical (unpaired) electrons. The highest BCUT2D eigenvalue weighted by Gasteiger charge is 2.52. The van der Waals surface area contributed by atoms with Crippen LogP contribution in [0.4, 0.5) is 4.79 Å². The largest absolute Gasteiger partial charge is 0.457 e. The van der Waals surface area contributed by atoms with Crippen molar-refractivity contribution in [3.63, 3.8) is 0 Å². The number of carbonyl (C=O) groups excluding carboxylic acids is 3. The Morgan fingerprint density at radius 1 is 1.19 bits per heavy atom. The Labute approximate surface area is 309 Å². The number of nitrogens with zero attached hydrogens (tertiary/aromatic N) is 2. The van der Waals surface area contributed by atoms with Crippen molar-refractivity contribution in [1.82, 2.24) is 9.88 Å². The molecule has 2 aliphatic rings. The second-order valence-corrected chi connectivity index (χ2v) is 14.5. The third-order valence-corrected chi connectivity index (χ3v) is 10.0. The van der Waals surface area contributed by atoms with Crippen molar-refractivity contribution in [1.29, 1.82) is 0 Å². The zero-order chi connectivity index (χ0) is 38.6. The number of likely N-dealkylation sites (N-methyl/N-ethyl adjacent to an activating group) is 1. The lowest BCUT2D eigenvalue weighted by Gasteiger charge is -2.32. The van der Waals surface area contributed by atoms with Gasteiger partial charge >= 0.3 is 18.0 Å². The van der Waals surface area contributed by atoms with Gasteiger partial charge in [-0.3, -0.25) is 14.6 Å². The lowest BCUT2D eigenvalue weighted by molar-refractivity contribution is -0.157. The molecule has 11 atom stereocenters. The van der Waals surface area contributed by atoms with Crippen LogP contribution in [0.3, 0.4) is 0 Å². The van der Waals surface area contributed by atoms with Crippen LogP contribution < -0.4 is 0 Å². The van der Waals surface area contributed by atoms with E-state index in [4.69, 9.17) is 23.7 Å². The maximum absolute atomic E-state index is 13.3. The zero-order valence-electron chi connectivity index (χ0n) is 32.3. The van der Waals surface area contributed by atoms with Gasteiger partial charge in [0.15, 0.2) is 0 Å². The van der Waals surface area contributed by atoms with E-state index in [-0.39, 0.29) is 55.3 Å². The van der Waals surface area contributed by atoms with E-state index in [1.807, 2.05) is 57.2 Å². The Bertz CT molecular complexity index is 1390. The first-order chi connectivity index (χ1) is 24.6. The summed E-state index contributed by atoms with van der Waals surface area (Å²) in [4.78, 5) is 44.0. The number of pyridine rings is 1. The second kappa shape index (κ2) is 20.0. The number of aliphatic hydroxyl groups is 2. The van der Waals surface area contributed by atoms with Crippen LogP contribution in [0.15, 0.2) is 60.3 Å². The molecule has 3 heterocycles. The topological polar surface area (TPSA) is 157 Å². The molecule has 1 fully saturated rings. The number of hydrogen-bond donors (Lipinski definition) is 2. The fourth-order valence-electron chi connectivity index (χ4n) is 6.60. The van der Waals surface area contributed by atoms with Crippen LogP contribution in [-0.2, 0) is 39.7 Å². The Morgan fingerprint density at radius 2 is 1.92 bits per heavy atom. The van der Waals surface area contributed by atoms with Crippen LogP contribution in [0, 0.1) is 17.8 Å². The summed E-state index contributed by atoms with van der Waals surface area (Å²) in [5, 5.41) is 21.6. The number of rotatable bonds is 14. The highest BCUT2D eigenvalue weighted by Crippen LogP contribution is 2.39. The minimum absolute atomic E-state index is 0.00469. The van der Waals surface area contributed by atoms with Crippen molar-refractivity contribution in [3.8, 4) is 0 Å². The van der Waals surface area contributed by atoms with E-state index in [9.17, 15) is 24.6 Å². The van der Waals surface area contributed by atoms with E-state index in [1.54, 1.807) is 44.3 Å². The molecule has 1 amide bonds. The van der Waals surface area contributed by atoms with Gasteiger partial charge in [0.2, 0.25) is 0 Å². The standard InChI is InChI=1S/C40H60N2O10/c1-10-32(48-9)28(5)37-38(51-37)36(52-39(46)42(8)23-20-30-16-11-12-22-41-30)26(3)15-13-14-25(2)35-27(4)17-18-33(49-29(6)43)40(7,47)21-19-31(44)24-34(45)50-35/h11-18,22,26-28,31-33,35-38,44,47H,10,19-21,23-24H2,1-9H3/b15-13+,18-17+,25-14+. The molecule has 0 aliphatic carbocycles. The molecule has 12 nitrogen and oxygen atoms in total. The van der Waals surface area contributed by atoms with Crippen LogP contribution >= 0.6 is 0 Å². The normalized spacial score (nSPS) is 30.1. The minimum Gasteiger partial charge on any atom is -0.457 e. The number of aromatic nitrogens is 1. The SMILES string of the molecule is CCC(OC)C(C)C1OC1C(OC(=O)N(C)CCc1ccccn1)C(C)/C=C/C=C(\C)C1OC(=O)CC(O)CCC(C)(O)C(OC(C)=O)/C=C/C1C. The van der Waals surface area contributed by atoms with Crippen LogP contribution in [0.25, 0.3) is 0 Å². The van der Waals surface area contributed by atoms with Gasteiger partial charge < -0.3 is 38.8 Å². The summed E-state index contributed by atoms with van der Waals surface area (Å²) in [6, 6.07) is 5.68. The molecule has 290 valence electrons. The minimum atomic E-state index is -1.46. The number of hydrogen-bond acceptors (Lipinski definition) is 11. The zero-order valence-corrected chi connectivity index (χ0v) is 32.3. The van der Waals surface area contributed by atoms with E-state index in [2.05, 4.69) is 18.8 Å². The van der Waals surface area contributed by atoms with Crippen molar-refractivity contribution in [2.45, 2.75) is 129 Å². The highest BCUT2D eigenvalue weighted by molar-refractivity contribution is 5.70. The van der Waals surface area contributed by atoms with Crippen molar-refractivity contribution in [2.24, 2.45) is 17.8 Å². The maximum atomic E-state index is 13.3. The molecule has 0 bridgehead atoms. The molecule has 11 unspecified atom stereocenters. The summed E-state index contributed by atoms with van der Waals surface area (Å²) in [5.41, 5.74) is 0.146. The predicted octanol–water partition coefficient (Wildman–Crippen LogP) is 5.36. The van der Waals surface area contributed by atoms with Crippen LogP contribution in [-0.4, -0.2) is 107 Å². The van der Waals surface area contributed by atoms with E-state index < -0.39 is 48.0 Å². The number of epoxide rings is 1. The molecule has 0 spiro atoms. The van der Waals surface area contributed by atoms with E-state index in [0.717, 1.165) is 17.7 Å². The number of amides is 1. The van der Waals surface area contributed by atoms with Gasteiger partial charge in [-0.15, -0.1) is 0 Å². The number of aliphatic hydroxyl groups excluding tert-OH is 1. The van der Waals surface area contributed by atoms with Crippen LogP contribution in [0.5, 0.6) is 0 Å². The lowest BCUT2D eigenvalue weighted by atomic mass is 9.88. The quantitative estimate of drug-likeness (QED) is 0.0836. The average molecular weight is 729 g/mol. The monoisotopic (exact) mass is 728 g/mol. The lowest BCUT2D eigenvalue weighted by Crippen LogP contribution is -2.42. The van der Waals surface area contributed by atoms with Gasteiger partial charge in [-0.25, -0.2) is 4.79 Å². The second-order valence-electron chi connectivity index (χ2n) is 14.5. The molecule has 2 aliphatic heterocycles. The van der Waals surface area contributed by atoms with Gasteiger partial charge in [0.25, 0.3) is 0 Å². The third-order valence-electron chi connectivity index (χ3n) is 10.0. The predicted molar refractivity (Wildman–Crippen MR) is 196 cm³/mol. The third kappa shape index (κ3) is 12.8. The smallest absolute Gasteiger partial charge is 0.409 e. The molecule has 0 saturated carbocycles. The Morgan fingerprint density at radius 3 is 2.56 bits per heavy atom. The van der Waals surface area contributed by atoms with E-state index >= 15 is 0 Å². The summed E-state index contributed by atoms with van der Waals surface area (Å²) in [6.07, 6.45) is 7.92. The first-order valence-corrected chi connectivity index (χ1v) is 18.4. The summed E-state index contributed by atoms with van der Waals surface area (Å²) in [5.74, 6) is -1.64. The number of esters is 2.